The lowest BCUT2D eigenvalue weighted by Crippen LogP contribution is -2.29. The summed E-state index contributed by atoms with van der Waals surface area (Å²) in [7, 11) is 0. The van der Waals surface area contributed by atoms with E-state index in [1.807, 2.05) is 13.0 Å². The Balaban J connectivity index is 1.65. The molecule has 0 saturated heterocycles. The van der Waals surface area contributed by atoms with Gasteiger partial charge in [-0.3, -0.25) is 10.1 Å². The fourth-order valence-corrected chi connectivity index (χ4v) is 4.10. The summed E-state index contributed by atoms with van der Waals surface area (Å²) in [5.74, 6) is 1.23. The van der Waals surface area contributed by atoms with Crippen LogP contribution in [0.5, 0.6) is 11.5 Å². The fourth-order valence-electron chi connectivity index (χ4n) is 3.88. The van der Waals surface area contributed by atoms with Crippen molar-refractivity contribution in [3.8, 4) is 11.5 Å². The molecule has 0 spiro atoms. The summed E-state index contributed by atoms with van der Waals surface area (Å²) in [5.41, 5.74) is 1.89. The number of nitro benzene ring substituents is 1. The monoisotopic (exact) mass is 446 g/mol. The van der Waals surface area contributed by atoms with Crippen molar-refractivity contribution < 1.29 is 14.4 Å². The topological polar surface area (TPSA) is 73.6 Å². The molecule has 0 unspecified atom stereocenters. The molecule has 3 rings (SSSR count). The van der Waals surface area contributed by atoms with E-state index >= 15 is 0 Å². The number of nitro groups is 1. The van der Waals surface area contributed by atoms with E-state index in [1.54, 1.807) is 18.2 Å². The lowest BCUT2D eigenvalue weighted by atomic mass is 9.96. The number of hydrogen-bond acceptors (Lipinski definition) is 5. The third kappa shape index (κ3) is 7.11. The Kier molecular flexibility index (Phi) is 8.98. The number of halogens is 1. The SMILES string of the molecule is CCOc1cc(CNC2CCCCCCC2)c(Cl)cc1OCc1ccc([N+](=O)[O-])cc1. The average Bonchev–Trinajstić information content (AvgIpc) is 2.74. The number of nitrogens with zero attached hydrogens (tertiary/aromatic N) is 1. The fraction of sp³-hybridized carbons (Fsp3) is 0.500. The van der Waals surface area contributed by atoms with Crippen LogP contribution in [0, 0.1) is 10.1 Å². The molecule has 0 bridgehead atoms. The second-order valence-corrected chi connectivity index (χ2v) is 8.37. The molecule has 0 radical (unpaired) electrons. The summed E-state index contributed by atoms with van der Waals surface area (Å²) in [4.78, 5) is 10.4. The summed E-state index contributed by atoms with van der Waals surface area (Å²) in [6, 6.07) is 10.6. The van der Waals surface area contributed by atoms with Gasteiger partial charge in [0.15, 0.2) is 11.5 Å². The zero-order valence-electron chi connectivity index (χ0n) is 18.1. The van der Waals surface area contributed by atoms with Crippen LogP contribution in [0.25, 0.3) is 0 Å². The molecule has 31 heavy (non-hydrogen) atoms. The highest BCUT2D eigenvalue weighted by Crippen LogP contribution is 2.34. The molecule has 2 aromatic rings. The zero-order valence-corrected chi connectivity index (χ0v) is 18.8. The highest BCUT2D eigenvalue weighted by molar-refractivity contribution is 6.31. The first-order valence-corrected chi connectivity index (χ1v) is 11.5. The minimum absolute atomic E-state index is 0.0583. The van der Waals surface area contributed by atoms with Gasteiger partial charge in [-0.15, -0.1) is 0 Å². The summed E-state index contributed by atoms with van der Waals surface area (Å²) in [6.07, 6.45) is 9.01. The molecule has 1 fully saturated rings. The third-order valence-electron chi connectivity index (χ3n) is 5.64. The van der Waals surface area contributed by atoms with E-state index in [0.717, 1.165) is 11.1 Å². The minimum atomic E-state index is -0.416. The van der Waals surface area contributed by atoms with Crippen molar-refractivity contribution in [3.05, 3.63) is 62.7 Å². The summed E-state index contributed by atoms with van der Waals surface area (Å²) in [5, 5.41) is 15.1. The maximum atomic E-state index is 10.8. The maximum Gasteiger partial charge on any atom is 0.269 e. The molecule has 1 saturated carbocycles. The number of rotatable bonds is 9. The second-order valence-electron chi connectivity index (χ2n) is 7.96. The maximum absolute atomic E-state index is 10.8. The lowest BCUT2D eigenvalue weighted by molar-refractivity contribution is -0.384. The van der Waals surface area contributed by atoms with Crippen molar-refractivity contribution in [2.24, 2.45) is 0 Å². The van der Waals surface area contributed by atoms with Gasteiger partial charge in [-0.05, 0) is 49.1 Å². The molecule has 7 heteroatoms. The normalized spacial score (nSPS) is 15.2. The average molecular weight is 447 g/mol. The Morgan fingerprint density at radius 1 is 1.03 bits per heavy atom. The van der Waals surface area contributed by atoms with Gasteiger partial charge in [-0.2, -0.15) is 0 Å². The molecule has 168 valence electrons. The van der Waals surface area contributed by atoms with Crippen LogP contribution >= 0.6 is 11.6 Å². The lowest BCUT2D eigenvalue weighted by Gasteiger charge is -2.22. The Morgan fingerprint density at radius 2 is 1.68 bits per heavy atom. The van der Waals surface area contributed by atoms with E-state index in [2.05, 4.69) is 5.32 Å². The molecule has 0 heterocycles. The highest BCUT2D eigenvalue weighted by atomic mass is 35.5. The molecule has 1 N–H and O–H groups in total. The summed E-state index contributed by atoms with van der Waals surface area (Å²) >= 11 is 6.56. The van der Waals surface area contributed by atoms with E-state index in [-0.39, 0.29) is 12.3 Å². The van der Waals surface area contributed by atoms with Crippen molar-refractivity contribution in [2.75, 3.05) is 6.61 Å². The Hall–Kier alpha value is -2.31. The molecule has 1 aliphatic rings. The molecule has 6 nitrogen and oxygen atoms in total. The summed E-state index contributed by atoms with van der Waals surface area (Å²) in [6.45, 7) is 3.42. The Bertz CT molecular complexity index is 849. The van der Waals surface area contributed by atoms with E-state index < -0.39 is 4.92 Å². The van der Waals surface area contributed by atoms with E-state index in [0.29, 0.717) is 35.7 Å². The minimum Gasteiger partial charge on any atom is -0.490 e. The second kappa shape index (κ2) is 11.9. The molecule has 0 aromatic heterocycles. The first-order valence-electron chi connectivity index (χ1n) is 11.1. The van der Waals surface area contributed by atoms with Crippen LogP contribution in [-0.4, -0.2) is 17.6 Å². The first-order chi connectivity index (χ1) is 15.1. The third-order valence-corrected chi connectivity index (χ3v) is 5.99. The van der Waals surface area contributed by atoms with Gasteiger partial charge in [-0.1, -0.05) is 43.7 Å². The van der Waals surface area contributed by atoms with Crippen LogP contribution in [0.3, 0.4) is 0 Å². The predicted molar refractivity (Wildman–Crippen MR) is 123 cm³/mol. The van der Waals surface area contributed by atoms with Gasteiger partial charge in [0.05, 0.1) is 11.5 Å². The van der Waals surface area contributed by atoms with Gasteiger partial charge in [0, 0.05) is 35.8 Å². The molecule has 2 aromatic carbocycles. The highest BCUT2D eigenvalue weighted by Gasteiger charge is 2.15. The van der Waals surface area contributed by atoms with Crippen molar-refractivity contribution >= 4 is 17.3 Å². The number of hydrogen-bond donors (Lipinski definition) is 1. The van der Waals surface area contributed by atoms with Gasteiger partial charge in [-0.25, -0.2) is 0 Å². The van der Waals surface area contributed by atoms with Crippen LogP contribution in [0.1, 0.15) is 63.0 Å². The Labute approximate surface area is 189 Å². The molecule has 0 aliphatic heterocycles. The zero-order chi connectivity index (χ0) is 22.1. The van der Waals surface area contributed by atoms with E-state index in [1.165, 1.54) is 57.1 Å². The van der Waals surface area contributed by atoms with Crippen molar-refractivity contribution in [2.45, 2.75) is 71.1 Å². The number of benzene rings is 2. The molecule has 0 atom stereocenters. The van der Waals surface area contributed by atoms with Crippen molar-refractivity contribution in [3.63, 3.8) is 0 Å². The molecule has 0 amide bonds. The standard InChI is InChI=1S/C24H31ClN2O4/c1-2-30-23-14-19(16-26-20-8-6-4-3-5-7-9-20)22(25)15-24(23)31-17-18-10-12-21(13-11-18)27(28)29/h10-15,20,26H,2-9,16-17H2,1H3. The van der Waals surface area contributed by atoms with Gasteiger partial charge in [0.25, 0.3) is 5.69 Å². The van der Waals surface area contributed by atoms with Crippen LogP contribution < -0.4 is 14.8 Å². The van der Waals surface area contributed by atoms with Crippen LogP contribution in [-0.2, 0) is 13.2 Å². The number of nitrogens with one attached hydrogen (secondary N) is 1. The van der Waals surface area contributed by atoms with Gasteiger partial charge in [0.1, 0.15) is 6.61 Å². The largest absolute Gasteiger partial charge is 0.490 e. The van der Waals surface area contributed by atoms with Gasteiger partial charge >= 0.3 is 0 Å². The van der Waals surface area contributed by atoms with Crippen LogP contribution in [0.4, 0.5) is 5.69 Å². The van der Waals surface area contributed by atoms with Crippen molar-refractivity contribution in [1.29, 1.82) is 0 Å². The summed E-state index contributed by atoms with van der Waals surface area (Å²) < 4.78 is 11.7. The van der Waals surface area contributed by atoms with Gasteiger partial charge < -0.3 is 14.8 Å². The van der Waals surface area contributed by atoms with E-state index in [9.17, 15) is 10.1 Å². The molecule has 1 aliphatic carbocycles. The smallest absolute Gasteiger partial charge is 0.269 e. The number of non-ortho nitro benzene ring substituents is 1. The molecular formula is C24H31ClN2O4. The number of ether oxygens (including phenoxy) is 2. The quantitative estimate of drug-likeness (QED) is 0.355. The molecular weight excluding hydrogens is 416 g/mol. The Morgan fingerprint density at radius 3 is 2.32 bits per heavy atom. The van der Waals surface area contributed by atoms with Crippen LogP contribution in [0.15, 0.2) is 36.4 Å². The predicted octanol–water partition coefficient (Wildman–Crippen LogP) is 6.43. The first kappa shape index (κ1) is 23.4. The van der Waals surface area contributed by atoms with E-state index in [4.69, 9.17) is 21.1 Å². The van der Waals surface area contributed by atoms with Crippen LogP contribution in [0.2, 0.25) is 5.02 Å². The van der Waals surface area contributed by atoms with Gasteiger partial charge in [0.2, 0.25) is 0 Å². The van der Waals surface area contributed by atoms with Crippen molar-refractivity contribution in [1.82, 2.24) is 5.32 Å².